The number of fused-ring (bicyclic) bond motifs is 5. The number of halogens is 1. The molecular formula is C40H53ClN4O11S2. The second-order valence-electron chi connectivity index (χ2n) is 15.4. The van der Waals surface area contributed by atoms with Gasteiger partial charge in [-0.25, -0.2) is 9.59 Å². The van der Waals surface area contributed by atoms with E-state index >= 15 is 0 Å². The molecule has 4 N–H and O–H groups in total. The summed E-state index contributed by atoms with van der Waals surface area (Å²) in [6, 6.07) is 2.22. The van der Waals surface area contributed by atoms with Crippen LogP contribution in [0.3, 0.4) is 0 Å². The van der Waals surface area contributed by atoms with E-state index in [1.807, 2.05) is 13.8 Å². The zero-order valence-corrected chi connectivity index (χ0v) is 36.1. The number of benzene rings is 1. The van der Waals surface area contributed by atoms with E-state index in [-0.39, 0.29) is 52.6 Å². The molecule has 58 heavy (non-hydrogen) atoms. The highest BCUT2D eigenvalue weighted by molar-refractivity contribution is 8.76. The summed E-state index contributed by atoms with van der Waals surface area (Å²) in [6.07, 6.45) is 2.76. The SMILES string of the molecule is C/C1=C\C=C\[C@@H](C=O)[C@@]2(O)C[C@H](OC(=O)N2)[C@@H](C)C2OC2(C)[C@@H](OC(=O)[C@H](C)N(C)C(=O)CCSSC(C)CCC(N)=O)CC(=O)N(C)c2cc(cc(C=O)c2Cl)C1. The molecule has 318 valence electrons. The Morgan fingerprint density at radius 3 is 2.59 bits per heavy atom. The van der Waals surface area contributed by atoms with Crippen LogP contribution in [0.1, 0.15) is 82.6 Å². The normalized spacial score (nSPS) is 29.9. The van der Waals surface area contributed by atoms with Gasteiger partial charge in [-0.15, -0.1) is 0 Å². The molecule has 0 spiro atoms. The summed E-state index contributed by atoms with van der Waals surface area (Å²) >= 11 is 6.65. The number of rotatable bonds is 13. The minimum absolute atomic E-state index is 0.0463. The predicted molar refractivity (Wildman–Crippen MR) is 221 cm³/mol. The lowest BCUT2D eigenvalue weighted by Crippen LogP contribution is -2.61. The van der Waals surface area contributed by atoms with Gasteiger partial charge in [0.25, 0.3) is 0 Å². The van der Waals surface area contributed by atoms with Gasteiger partial charge in [0.2, 0.25) is 17.7 Å². The number of epoxide rings is 1. The number of ether oxygens (including phenoxy) is 3. The van der Waals surface area contributed by atoms with E-state index in [9.17, 15) is 38.7 Å². The number of carbonyl (C=O) groups is 7. The molecule has 0 aliphatic carbocycles. The molecule has 0 aromatic heterocycles. The zero-order valence-electron chi connectivity index (χ0n) is 33.7. The monoisotopic (exact) mass is 864 g/mol. The zero-order chi connectivity index (χ0) is 43.1. The Balaban J connectivity index is 1.63. The minimum atomic E-state index is -2.01. The molecule has 18 heteroatoms. The number of nitrogens with zero attached hydrogens (tertiary/aromatic N) is 2. The first-order chi connectivity index (χ1) is 27.2. The molecular weight excluding hydrogens is 812 g/mol. The molecule has 2 fully saturated rings. The first-order valence-electron chi connectivity index (χ1n) is 19.0. The van der Waals surface area contributed by atoms with Gasteiger partial charge in [0.05, 0.1) is 29.2 Å². The molecule has 4 amide bonds. The van der Waals surface area contributed by atoms with Crippen molar-refractivity contribution in [1.29, 1.82) is 0 Å². The molecule has 3 unspecified atom stereocenters. The summed E-state index contributed by atoms with van der Waals surface area (Å²) in [5.41, 5.74) is 3.76. The Bertz CT molecular complexity index is 1830. The van der Waals surface area contributed by atoms with Gasteiger partial charge in [-0.05, 0) is 51.3 Å². The Hall–Kier alpha value is -3.90. The summed E-state index contributed by atoms with van der Waals surface area (Å²) in [5.74, 6) is -3.34. The molecule has 3 aliphatic rings. The summed E-state index contributed by atoms with van der Waals surface area (Å²) in [7, 11) is 5.99. The maximum Gasteiger partial charge on any atom is 0.409 e. The van der Waals surface area contributed by atoms with E-state index in [4.69, 9.17) is 31.5 Å². The van der Waals surface area contributed by atoms with Crippen LogP contribution in [0.5, 0.6) is 0 Å². The number of aldehydes is 2. The summed E-state index contributed by atoms with van der Waals surface area (Å²) in [6.45, 7) is 8.68. The fraction of sp³-hybridized carbons (Fsp3) is 0.575. The number of hydrogen-bond donors (Lipinski definition) is 3. The van der Waals surface area contributed by atoms with E-state index in [0.29, 0.717) is 36.7 Å². The Labute approximate surface area is 351 Å². The molecule has 0 saturated carbocycles. The number of nitrogens with two attached hydrogens (primary N) is 1. The Morgan fingerprint density at radius 2 is 1.93 bits per heavy atom. The number of aliphatic hydroxyl groups is 1. The van der Waals surface area contributed by atoms with Crippen LogP contribution >= 0.6 is 33.2 Å². The van der Waals surface area contributed by atoms with Crippen LogP contribution in [0.4, 0.5) is 10.5 Å². The quantitative estimate of drug-likeness (QED) is 0.0818. The van der Waals surface area contributed by atoms with Crippen molar-refractivity contribution in [2.45, 2.75) is 114 Å². The third kappa shape index (κ3) is 11.4. The standard InChI is InChI=1S/C40H53ClN4O11S2/c1-22-9-8-10-28(21-47)40(53)19-30(54-38(52)43-40)24(3)36-39(5,56-36)31(18-34(50)45(7)29-17-26(15-22)16-27(20-46)35(29)41)55-37(51)25(4)44(6)33(49)13-14-57-58-23(2)11-12-32(42)48/h8-10,16-17,20-21,23-25,28,30-31,36,53H,11-15,18-19H2,1-7H3,(H2,42,48)(H,43,52)/b10-8+,22-9+/t23?,24-,25+,28+,30+,31+,36?,39?,40+/m1/s1. The van der Waals surface area contributed by atoms with Crippen LogP contribution in [0, 0.1) is 11.8 Å². The van der Waals surface area contributed by atoms with Crippen molar-refractivity contribution in [2.75, 3.05) is 24.7 Å². The molecule has 1 aromatic rings. The van der Waals surface area contributed by atoms with Gasteiger partial charge < -0.3 is 39.6 Å². The number of likely N-dealkylation sites (N-methyl/N-ethyl adjacent to an activating group) is 1. The van der Waals surface area contributed by atoms with Gasteiger partial charge >= 0.3 is 12.1 Å². The van der Waals surface area contributed by atoms with E-state index in [1.54, 1.807) is 48.9 Å². The second kappa shape index (κ2) is 19.9. The topological polar surface area (TPSA) is 215 Å². The van der Waals surface area contributed by atoms with Crippen molar-refractivity contribution in [3.05, 3.63) is 52.1 Å². The molecule has 3 aliphatic heterocycles. The first kappa shape index (κ1) is 46.8. The molecule has 1 aromatic carbocycles. The number of anilines is 1. The van der Waals surface area contributed by atoms with E-state index in [2.05, 4.69) is 5.32 Å². The van der Waals surface area contributed by atoms with Crippen LogP contribution in [0.2, 0.25) is 5.02 Å². The number of allylic oxidation sites excluding steroid dienone is 3. The second-order valence-corrected chi connectivity index (χ2v) is 18.7. The average Bonchev–Trinajstić information content (AvgIpc) is 3.87. The lowest BCUT2D eigenvalue weighted by atomic mass is 9.82. The number of amides is 4. The highest BCUT2D eigenvalue weighted by Crippen LogP contribution is 2.49. The molecule has 3 heterocycles. The van der Waals surface area contributed by atoms with Gasteiger partial charge in [-0.2, -0.15) is 0 Å². The molecule has 4 bridgehead atoms. The predicted octanol–water partition coefficient (Wildman–Crippen LogP) is 4.54. The number of esters is 1. The number of hydrogen-bond acceptors (Lipinski definition) is 13. The molecule has 9 atom stereocenters. The third-order valence-corrected chi connectivity index (χ3v) is 14.3. The van der Waals surface area contributed by atoms with Gasteiger partial charge in [0.15, 0.2) is 12.0 Å². The highest BCUT2D eigenvalue weighted by Gasteiger charge is 2.64. The van der Waals surface area contributed by atoms with Crippen LogP contribution in [-0.4, -0.2) is 113 Å². The largest absolute Gasteiger partial charge is 0.457 e. The first-order valence-corrected chi connectivity index (χ1v) is 21.8. The third-order valence-electron chi connectivity index (χ3n) is 10.9. The van der Waals surface area contributed by atoms with Gasteiger partial charge in [0, 0.05) is 55.8 Å². The van der Waals surface area contributed by atoms with E-state index < -0.39 is 71.9 Å². The van der Waals surface area contributed by atoms with Crippen molar-refractivity contribution < 1.29 is 52.9 Å². The number of alkyl carbamates (subject to hydrolysis) is 1. The summed E-state index contributed by atoms with van der Waals surface area (Å²) in [5, 5.41) is 14.2. The smallest absolute Gasteiger partial charge is 0.409 e. The van der Waals surface area contributed by atoms with Crippen molar-refractivity contribution >= 4 is 81.2 Å². The van der Waals surface area contributed by atoms with Crippen molar-refractivity contribution in [1.82, 2.24) is 10.2 Å². The lowest BCUT2D eigenvalue weighted by molar-refractivity contribution is -0.161. The van der Waals surface area contributed by atoms with Crippen molar-refractivity contribution in [3.8, 4) is 0 Å². The maximum absolute atomic E-state index is 14.1. The van der Waals surface area contributed by atoms with Crippen molar-refractivity contribution in [3.63, 3.8) is 0 Å². The summed E-state index contributed by atoms with van der Waals surface area (Å²) in [4.78, 5) is 92.0. The fourth-order valence-electron chi connectivity index (χ4n) is 7.01. The van der Waals surface area contributed by atoms with Gasteiger partial charge in [-0.1, -0.05) is 70.8 Å². The van der Waals surface area contributed by atoms with Gasteiger partial charge in [0.1, 0.15) is 30.1 Å². The van der Waals surface area contributed by atoms with Crippen LogP contribution < -0.4 is 16.0 Å². The van der Waals surface area contributed by atoms with Crippen LogP contribution in [-0.2, 0) is 44.6 Å². The molecule has 2 saturated heterocycles. The van der Waals surface area contributed by atoms with E-state index in [1.165, 1.54) is 47.7 Å². The van der Waals surface area contributed by atoms with Crippen molar-refractivity contribution in [2.24, 2.45) is 17.6 Å². The Kier molecular flexibility index (Phi) is 16.1. The summed E-state index contributed by atoms with van der Waals surface area (Å²) < 4.78 is 17.9. The maximum atomic E-state index is 14.1. The Morgan fingerprint density at radius 1 is 1.22 bits per heavy atom. The molecule has 15 nitrogen and oxygen atoms in total. The van der Waals surface area contributed by atoms with E-state index in [0.717, 1.165) is 5.57 Å². The van der Waals surface area contributed by atoms with Crippen LogP contribution in [0.25, 0.3) is 0 Å². The molecule has 0 radical (unpaired) electrons. The number of carbonyl (C=O) groups excluding carboxylic acids is 7. The molecule has 4 rings (SSSR count). The number of primary amides is 1. The lowest BCUT2D eigenvalue weighted by Gasteiger charge is -2.41. The fourth-order valence-corrected chi connectivity index (χ4v) is 9.61. The van der Waals surface area contributed by atoms with Gasteiger partial charge in [-0.3, -0.25) is 24.5 Å². The minimum Gasteiger partial charge on any atom is -0.457 e. The highest BCUT2D eigenvalue weighted by atomic mass is 35.5. The average molecular weight is 865 g/mol. The number of nitrogens with one attached hydrogen (secondary N) is 1. The van der Waals surface area contributed by atoms with Crippen LogP contribution in [0.15, 0.2) is 35.9 Å².